The number of likely N-dealkylation sites (N-methyl/N-ethyl adjacent to an activating group) is 1. The summed E-state index contributed by atoms with van der Waals surface area (Å²) in [6, 6.07) is 1.87. The van der Waals surface area contributed by atoms with Crippen LogP contribution in [0.4, 0.5) is 39.7 Å². The fraction of sp³-hybridized carbons (Fsp3) is 0.323. The molecule has 1 aliphatic heterocycles. The Labute approximate surface area is 273 Å². The molecule has 7 rings (SSSR count). The van der Waals surface area contributed by atoms with E-state index in [0.29, 0.717) is 31.7 Å². The van der Waals surface area contributed by atoms with Gasteiger partial charge in [0.1, 0.15) is 35.2 Å². The van der Waals surface area contributed by atoms with E-state index in [1.165, 1.54) is 12.3 Å². The molecule has 48 heavy (non-hydrogen) atoms. The quantitative estimate of drug-likeness (QED) is 0.225. The van der Waals surface area contributed by atoms with Crippen molar-refractivity contribution in [3.05, 3.63) is 73.5 Å². The first kappa shape index (κ1) is 31.6. The third kappa shape index (κ3) is 5.64. The summed E-state index contributed by atoms with van der Waals surface area (Å²) in [6.07, 6.45) is 4.21. The summed E-state index contributed by atoms with van der Waals surface area (Å²) in [5.41, 5.74) is -2.10. The highest BCUT2D eigenvalue weighted by molar-refractivity contribution is 6.31. The van der Waals surface area contributed by atoms with Crippen LogP contribution in [-0.2, 0) is 6.54 Å². The molecule has 5 aromatic rings. The van der Waals surface area contributed by atoms with Crippen LogP contribution in [0.25, 0.3) is 33.3 Å². The van der Waals surface area contributed by atoms with Gasteiger partial charge in [0.05, 0.1) is 33.4 Å². The van der Waals surface area contributed by atoms with Crippen LogP contribution in [-0.4, -0.2) is 70.2 Å². The van der Waals surface area contributed by atoms with Crippen LogP contribution in [0.15, 0.2) is 44.6 Å². The monoisotopic (exact) mass is 686 g/mol. The molecule has 2 fully saturated rings. The first-order valence-corrected chi connectivity index (χ1v) is 15.4. The number of hydrogen-bond acceptors (Lipinski definition) is 8. The fourth-order valence-electron chi connectivity index (χ4n) is 5.94. The number of amides is 2. The Hall–Kier alpha value is -4.96. The van der Waals surface area contributed by atoms with Crippen LogP contribution in [0.2, 0.25) is 5.02 Å². The Morgan fingerprint density at radius 1 is 0.979 bits per heavy atom. The number of fused-ring (bicyclic) bond motifs is 2. The van der Waals surface area contributed by atoms with Crippen LogP contribution in [0.3, 0.4) is 0 Å². The fourth-order valence-corrected chi connectivity index (χ4v) is 6.10. The number of anilines is 3. The van der Waals surface area contributed by atoms with E-state index in [0.717, 1.165) is 35.7 Å². The molecule has 250 valence electrons. The largest absolute Gasteiger partial charge is 0.403 e. The second-order valence-corrected chi connectivity index (χ2v) is 12.2. The van der Waals surface area contributed by atoms with Crippen molar-refractivity contribution in [1.82, 2.24) is 24.2 Å². The van der Waals surface area contributed by atoms with Gasteiger partial charge in [-0.1, -0.05) is 16.7 Å². The van der Waals surface area contributed by atoms with E-state index in [4.69, 9.17) is 16.0 Å². The van der Waals surface area contributed by atoms with E-state index in [1.807, 2.05) is 11.9 Å². The molecule has 0 bridgehead atoms. The summed E-state index contributed by atoms with van der Waals surface area (Å²) in [4.78, 5) is 43.1. The number of urea groups is 1. The lowest BCUT2D eigenvalue weighted by Gasteiger charge is -2.34. The summed E-state index contributed by atoms with van der Waals surface area (Å²) >= 11 is 5.95. The van der Waals surface area contributed by atoms with E-state index in [1.54, 1.807) is 9.47 Å². The highest BCUT2D eigenvalue weighted by Gasteiger charge is 2.28. The highest BCUT2D eigenvalue weighted by atomic mass is 35.5. The first-order valence-electron chi connectivity index (χ1n) is 15.0. The Bertz CT molecular complexity index is 2230. The minimum atomic E-state index is -0.989. The van der Waals surface area contributed by atoms with Crippen molar-refractivity contribution in [3.8, 4) is 11.5 Å². The zero-order chi connectivity index (χ0) is 33.9. The molecule has 0 spiro atoms. The molecule has 0 unspecified atom stereocenters. The van der Waals surface area contributed by atoms with Gasteiger partial charge in [-0.05, 0) is 38.1 Å². The van der Waals surface area contributed by atoms with Crippen molar-refractivity contribution in [3.63, 3.8) is 0 Å². The number of aromatic nitrogens is 4. The zero-order valence-corrected chi connectivity index (χ0v) is 26.1. The number of benzene rings is 2. The third-order valence-corrected chi connectivity index (χ3v) is 8.80. The van der Waals surface area contributed by atoms with E-state index in [-0.39, 0.29) is 50.8 Å². The highest BCUT2D eigenvalue weighted by Crippen LogP contribution is 2.38. The predicted molar refractivity (Wildman–Crippen MR) is 171 cm³/mol. The van der Waals surface area contributed by atoms with E-state index in [9.17, 15) is 23.2 Å². The molecule has 2 aliphatic rings. The van der Waals surface area contributed by atoms with Crippen molar-refractivity contribution in [2.24, 2.45) is 0 Å². The standard InChI is InChI=1S/C31H27ClF4N8O4/c1-41-6-8-42(9-7-41)26-21(35)11-17-25(24(26)36)43(5-4-33)13-18(27(17)45)29-39-40-31(48-29)38-30(47)37-22-14-44(15-2-3-15)23-12-19(32)20(34)10-16(23)28(22)46/h10-15H,2-9H2,1H3,(H2,37,38,40,47). The molecular formula is C31H27ClF4N8O4. The summed E-state index contributed by atoms with van der Waals surface area (Å²) < 4.78 is 67.5. The topological polar surface area (TPSA) is 131 Å². The van der Waals surface area contributed by atoms with Crippen molar-refractivity contribution in [2.45, 2.75) is 25.4 Å². The maximum absolute atomic E-state index is 15.9. The number of nitrogens with one attached hydrogen (secondary N) is 2. The smallest absolute Gasteiger partial charge is 0.327 e. The molecule has 12 nitrogen and oxygen atoms in total. The van der Waals surface area contributed by atoms with Gasteiger partial charge in [-0.3, -0.25) is 14.9 Å². The number of nitrogens with zero attached hydrogens (tertiary/aromatic N) is 6. The number of hydrogen-bond donors (Lipinski definition) is 2. The van der Waals surface area contributed by atoms with Gasteiger partial charge in [0, 0.05) is 44.6 Å². The lowest BCUT2D eigenvalue weighted by atomic mass is 10.1. The molecule has 4 heterocycles. The molecule has 0 radical (unpaired) electrons. The van der Waals surface area contributed by atoms with Gasteiger partial charge < -0.3 is 28.7 Å². The van der Waals surface area contributed by atoms with Gasteiger partial charge in [0.25, 0.3) is 5.89 Å². The Morgan fingerprint density at radius 3 is 2.42 bits per heavy atom. The maximum atomic E-state index is 15.9. The number of piperazine rings is 1. The van der Waals surface area contributed by atoms with Gasteiger partial charge in [-0.2, -0.15) is 0 Å². The number of rotatable bonds is 7. The lowest BCUT2D eigenvalue weighted by molar-refractivity contribution is 0.261. The van der Waals surface area contributed by atoms with Crippen LogP contribution < -0.4 is 26.4 Å². The molecule has 17 heteroatoms. The normalized spacial score (nSPS) is 15.4. The molecule has 1 saturated heterocycles. The molecule has 1 aliphatic carbocycles. The Balaban J connectivity index is 1.19. The number of halogens is 5. The van der Waals surface area contributed by atoms with Crippen molar-refractivity contribution in [2.75, 3.05) is 55.4 Å². The van der Waals surface area contributed by atoms with Crippen molar-refractivity contribution >= 4 is 56.8 Å². The average molecular weight is 687 g/mol. The lowest BCUT2D eigenvalue weighted by Crippen LogP contribution is -2.45. The van der Waals surface area contributed by atoms with Crippen LogP contribution in [0.1, 0.15) is 18.9 Å². The van der Waals surface area contributed by atoms with Crippen LogP contribution >= 0.6 is 11.6 Å². The number of alkyl halides is 1. The molecule has 1 saturated carbocycles. The number of carbonyl (C=O) groups is 1. The van der Waals surface area contributed by atoms with Gasteiger partial charge in [-0.15, -0.1) is 5.10 Å². The van der Waals surface area contributed by atoms with Gasteiger partial charge >= 0.3 is 12.0 Å². The number of pyridine rings is 2. The molecule has 2 amide bonds. The van der Waals surface area contributed by atoms with Gasteiger partial charge in [0.15, 0.2) is 5.82 Å². The summed E-state index contributed by atoms with van der Waals surface area (Å²) in [5, 5.41) is 11.7. The minimum absolute atomic E-state index is 0.0195. The Kier molecular flexibility index (Phi) is 8.07. The molecule has 2 aromatic carbocycles. The van der Waals surface area contributed by atoms with Crippen LogP contribution in [0, 0.1) is 17.5 Å². The molecular weight excluding hydrogens is 660 g/mol. The summed E-state index contributed by atoms with van der Waals surface area (Å²) in [5.74, 6) is -3.14. The third-order valence-electron chi connectivity index (χ3n) is 8.51. The van der Waals surface area contributed by atoms with E-state index >= 15 is 8.78 Å². The first-order chi connectivity index (χ1) is 23.0. The predicted octanol–water partition coefficient (Wildman–Crippen LogP) is 5.14. The Morgan fingerprint density at radius 2 is 1.71 bits per heavy atom. The van der Waals surface area contributed by atoms with E-state index in [2.05, 4.69) is 20.8 Å². The van der Waals surface area contributed by atoms with E-state index < -0.39 is 52.9 Å². The van der Waals surface area contributed by atoms with Gasteiger partial charge in [0.2, 0.25) is 10.9 Å². The number of carbonyl (C=O) groups excluding carboxylic acids is 1. The zero-order valence-electron chi connectivity index (χ0n) is 25.3. The second-order valence-electron chi connectivity index (χ2n) is 11.7. The van der Waals surface area contributed by atoms with Gasteiger partial charge in [-0.25, -0.2) is 22.4 Å². The molecule has 2 N–H and O–H groups in total. The summed E-state index contributed by atoms with van der Waals surface area (Å²) in [6.45, 7) is 0.584. The number of aryl methyl sites for hydroxylation is 1. The molecule has 0 atom stereocenters. The summed E-state index contributed by atoms with van der Waals surface area (Å²) in [7, 11) is 1.90. The minimum Gasteiger partial charge on any atom is -0.403 e. The maximum Gasteiger partial charge on any atom is 0.327 e. The van der Waals surface area contributed by atoms with Crippen molar-refractivity contribution in [1.29, 1.82) is 0 Å². The second kappa shape index (κ2) is 12.2. The SMILES string of the molecule is CN1CCN(c2c(F)cc3c(=O)c(-c4nnc(NC(=O)Nc5cn(C6CC6)c6cc(Cl)c(F)cc6c5=O)o4)cn(CCF)c3c2F)CC1. The molecule has 3 aromatic heterocycles. The van der Waals surface area contributed by atoms with Crippen LogP contribution in [0.5, 0.6) is 0 Å². The van der Waals surface area contributed by atoms with Crippen molar-refractivity contribution < 1.29 is 26.8 Å². The average Bonchev–Trinajstić information content (AvgIpc) is 3.79.